The van der Waals surface area contributed by atoms with Crippen LogP contribution in [0.4, 0.5) is 10.1 Å². The topological polar surface area (TPSA) is 93.8 Å². The Morgan fingerprint density at radius 1 is 1.17 bits per heavy atom. The van der Waals surface area contributed by atoms with Gasteiger partial charge in [0.2, 0.25) is 11.8 Å². The Kier molecular flexibility index (Phi) is 6.06. The highest BCUT2D eigenvalue weighted by molar-refractivity contribution is 5.92. The lowest BCUT2D eigenvalue weighted by Gasteiger charge is -2.13. The molecule has 1 aromatic carbocycles. The van der Waals surface area contributed by atoms with Crippen molar-refractivity contribution in [1.82, 2.24) is 24.9 Å². The smallest absolute Gasteiger partial charge is 0.242 e. The van der Waals surface area contributed by atoms with Gasteiger partial charge >= 0.3 is 0 Å². The lowest BCUT2D eigenvalue weighted by Crippen LogP contribution is -2.30. The Labute approximate surface area is 167 Å². The van der Waals surface area contributed by atoms with E-state index in [1.807, 2.05) is 20.9 Å². The van der Waals surface area contributed by atoms with Gasteiger partial charge in [0.1, 0.15) is 12.4 Å². The van der Waals surface area contributed by atoms with Crippen molar-refractivity contribution in [2.24, 2.45) is 7.05 Å². The quantitative estimate of drug-likeness (QED) is 0.638. The van der Waals surface area contributed by atoms with Crippen molar-refractivity contribution in [3.63, 3.8) is 0 Å². The highest BCUT2D eigenvalue weighted by Crippen LogP contribution is 2.16. The highest BCUT2D eigenvalue weighted by Gasteiger charge is 2.15. The molecule has 0 bridgehead atoms. The molecule has 2 amide bonds. The van der Waals surface area contributed by atoms with Crippen molar-refractivity contribution in [2.45, 2.75) is 32.9 Å². The van der Waals surface area contributed by atoms with Crippen molar-refractivity contribution < 1.29 is 14.0 Å². The predicted octanol–water partition coefficient (Wildman–Crippen LogP) is 2.12. The molecule has 0 aliphatic heterocycles. The third-order valence-electron chi connectivity index (χ3n) is 4.65. The molecule has 0 radical (unpaired) electrons. The van der Waals surface area contributed by atoms with E-state index in [9.17, 15) is 14.0 Å². The molecule has 1 unspecified atom stereocenters. The van der Waals surface area contributed by atoms with E-state index in [1.54, 1.807) is 35.3 Å². The Bertz CT molecular complexity index is 1030. The van der Waals surface area contributed by atoms with E-state index in [0.29, 0.717) is 11.3 Å². The Hall–Kier alpha value is -3.49. The first-order valence-electron chi connectivity index (χ1n) is 9.17. The summed E-state index contributed by atoms with van der Waals surface area (Å²) < 4.78 is 16.8. The predicted molar refractivity (Wildman–Crippen MR) is 105 cm³/mol. The van der Waals surface area contributed by atoms with Crippen molar-refractivity contribution in [3.8, 4) is 0 Å². The molecular formula is C20H23FN6O2. The van der Waals surface area contributed by atoms with Crippen molar-refractivity contribution in [1.29, 1.82) is 0 Å². The maximum atomic E-state index is 13.6. The summed E-state index contributed by atoms with van der Waals surface area (Å²) in [7, 11) is 1.85. The maximum absolute atomic E-state index is 13.6. The summed E-state index contributed by atoms with van der Waals surface area (Å²) in [4.78, 5) is 24.4. The normalized spacial score (nSPS) is 11.9. The zero-order valence-corrected chi connectivity index (χ0v) is 16.5. The number of hydrogen-bond acceptors (Lipinski definition) is 4. The number of carbonyl (C=O) groups is 2. The molecule has 0 saturated heterocycles. The van der Waals surface area contributed by atoms with Gasteiger partial charge in [-0.05, 0) is 25.5 Å². The third-order valence-corrected chi connectivity index (χ3v) is 4.65. The molecular weight excluding hydrogens is 375 g/mol. The monoisotopic (exact) mass is 398 g/mol. The van der Waals surface area contributed by atoms with Gasteiger partial charge in [0.05, 0.1) is 30.5 Å². The molecule has 152 valence electrons. The summed E-state index contributed by atoms with van der Waals surface area (Å²) in [5, 5.41) is 13.8. The Morgan fingerprint density at radius 2 is 1.93 bits per heavy atom. The minimum atomic E-state index is -0.423. The molecule has 8 nitrogen and oxygen atoms in total. The zero-order valence-electron chi connectivity index (χ0n) is 16.5. The van der Waals surface area contributed by atoms with Gasteiger partial charge in [-0.1, -0.05) is 18.2 Å². The van der Waals surface area contributed by atoms with Gasteiger partial charge in [-0.15, -0.1) is 0 Å². The van der Waals surface area contributed by atoms with Crippen LogP contribution in [-0.4, -0.2) is 31.4 Å². The molecule has 2 N–H and O–H groups in total. The second kappa shape index (κ2) is 8.68. The van der Waals surface area contributed by atoms with Gasteiger partial charge in [-0.25, -0.2) is 4.39 Å². The van der Waals surface area contributed by atoms with Gasteiger partial charge < -0.3 is 10.6 Å². The number of aryl methyl sites for hydroxylation is 1. The van der Waals surface area contributed by atoms with Gasteiger partial charge in [0, 0.05) is 24.5 Å². The Balaban J connectivity index is 1.53. The van der Waals surface area contributed by atoms with Crippen LogP contribution in [0.1, 0.15) is 29.8 Å². The summed E-state index contributed by atoms with van der Waals surface area (Å²) in [6, 6.07) is 5.94. The molecule has 0 aliphatic carbocycles. The first-order chi connectivity index (χ1) is 13.8. The molecule has 29 heavy (non-hydrogen) atoms. The fourth-order valence-electron chi connectivity index (χ4n) is 2.99. The van der Waals surface area contributed by atoms with Crippen LogP contribution in [0.2, 0.25) is 0 Å². The minimum absolute atomic E-state index is 0.00678. The average Bonchev–Trinajstić information content (AvgIpc) is 3.23. The van der Waals surface area contributed by atoms with E-state index < -0.39 is 5.82 Å². The number of rotatable bonds is 7. The van der Waals surface area contributed by atoms with Crippen LogP contribution >= 0.6 is 0 Å². The number of nitrogens with one attached hydrogen (secondary N) is 2. The average molecular weight is 398 g/mol. The van der Waals surface area contributed by atoms with E-state index in [4.69, 9.17) is 0 Å². The van der Waals surface area contributed by atoms with Crippen molar-refractivity contribution in [3.05, 3.63) is 65.5 Å². The summed E-state index contributed by atoms with van der Waals surface area (Å²) in [6.45, 7) is 3.83. The first-order valence-corrected chi connectivity index (χ1v) is 9.17. The van der Waals surface area contributed by atoms with Gasteiger partial charge in [-0.3, -0.25) is 19.0 Å². The number of aromatic nitrogens is 4. The maximum Gasteiger partial charge on any atom is 0.242 e. The van der Waals surface area contributed by atoms with Crippen LogP contribution in [0.15, 0.2) is 42.9 Å². The van der Waals surface area contributed by atoms with Gasteiger partial charge in [0.25, 0.3) is 0 Å². The van der Waals surface area contributed by atoms with E-state index in [-0.39, 0.29) is 30.8 Å². The number of carbonyl (C=O) groups excluding carboxylic acids is 2. The lowest BCUT2D eigenvalue weighted by molar-refractivity contribution is -0.122. The molecule has 0 aliphatic rings. The number of anilines is 1. The number of halogens is 1. The standard InChI is InChI=1S/C20H23FN6O2/c1-13(17-10-22-26(3)14(17)2)24-20(29)12-27-11-16(9-23-27)25-19(28)8-15-6-4-5-7-18(15)21/h4-7,9-11,13H,8,12H2,1-3H3,(H,24,29)(H,25,28). The van der Waals surface area contributed by atoms with Gasteiger partial charge in [-0.2, -0.15) is 10.2 Å². The van der Waals surface area contributed by atoms with Crippen molar-refractivity contribution >= 4 is 17.5 Å². The molecule has 0 spiro atoms. The number of nitrogens with zero attached hydrogens (tertiary/aromatic N) is 4. The third kappa shape index (κ3) is 5.07. The Morgan fingerprint density at radius 3 is 2.62 bits per heavy atom. The molecule has 0 saturated carbocycles. The summed E-state index contributed by atoms with van der Waals surface area (Å²) in [6.07, 6.45) is 4.65. The van der Waals surface area contributed by atoms with Crippen LogP contribution in [0.5, 0.6) is 0 Å². The highest BCUT2D eigenvalue weighted by atomic mass is 19.1. The SMILES string of the molecule is Cc1c(C(C)NC(=O)Cn2cc(NC(=O)Cc3ccccc3F)cn2)cnn1C. The van der Waals surface area contributed by atoms with Crippen LogP contribution in [0.3, 0.4) is 0 Å². The first kappa shape index (κ1) is 20.2. The van der Waals surface area contributed by atoms with Crippen LogP contribution < -0.4 is 10.6 Å². The van der Waals surface area contributed by atoms with E-state index in [1.165, 1.54) is 16.9 Å². The van der Waals surface area contributed by atoms with Crippen LogP contribution in [-0.2, 0) is 29.6 Å². The number of hydrogen-bond donors (Lipinski definition) is 2. The fraction of sp³-hybridized carbons (Fsp3) is 0.300. The van der Waals surface area contributed by atoms with Crippen LogP contribution in [0.25, 0.3) is 0 Å². The second-order valence-corrected chi connectivity index (χ2v) is 6.84. The summed E-state index contributed by atoms with van der Waals surface area (Å²) >= 11 is 0. The summed E-state index contributed by atoms with van der Waals surface area (Å²) in [5.74, 6) is -0.999. The molecule has 9 heteroatoms. The molecule has 3 aromatic rings. The molecule has 2 aromatic heterocycles. The number of amides is 2. The summed E-state index contributed by atoms with van der Waals surface area (Å²) in [5.41, 5.74) is 2.69. The number of benzene rings is 1. The van der Waals surface area contributed by atoms with Gasteiger partial charge in [0.15, 0.2) is 0 Å². The molecule has 2 heterocycles. The zero-order chi connectivity index (χ0) is 21.0. The minimum Gasteiger partial charge on any atom is -0.348 e. The van der Waals surface area contributed by atoms with E-state index >= 15 is 0 Å². The van der Waals surface area contributed by atoms with Crippen LogP contribution in [0, 0.1) is 12.7 Å². The van der Waals surface area contributed by atoms with E-state index in [2.05, 4.69) is 20.8 Å². The van der Waals surface area contributed by atoms with E-state index in [0.717, 1.165) is 11.3 Å². The second-order valence-electron chi connectivity index (χ2n) is 6.84. The lowest BCUT2D eigenvalue weighted by atomic mass is 10.1. The van der Waals surface area contributed by atoms with Crippen molar-refractivity contribution in [2.75, 3.05) is 5.32 Å². The fourth-order valence-corrected chi connectivity index (χ4v) is 2.99. The molecule has 3 rings (SSSR count). The molecule has 0 fully saturated rings. The largest absolute Gasteiger partial charge is 0.348 e. The molecule has 1 atom stereocenters.